The summed E-state index contributed by atoms with van der Waals surface area (Å²) >= 11 is 1.58. The van der Waals surface area contributed by atoms with Crippen LogP contribution in [0.5, 0.6) is 0 Å². The quantitative estimate of drug-likeness (QED) is 0.155. The first-order valence-corrected chi connectivity index (χ1v) is 14.1. The number of rotatable bonds is 24. The van der Waals surface area contributed by atoms with Crippen LogP contribution in [0.25, 0.3) is 0 Å². The van der Waals surface area contributed by atoms with Gasteiger partial charge in [-0.3, -0.25) is 4.79 Å². The van der Waals surface area contributed by atoms with Crippen LogP contribution < -0.4 is 0 Å². The van der Waals surface area contributed by atoms with Crippen molar-refractivity contribution in [2.45, 2.75) is 154 Å². The molecule has 0 aliphatic rings. The first-order chi connectivity index (χ1) is 14.2. The molecule has 0 aliphatic carbocycles. The summed E-state index contributed by atoms with van der Waals surface area (Å²) in [4.78, 5) is 10.7. The average Bonchev–Trinajstić information content (AvgIpc) is 2.71. The number of carboxylic acid groups (broad SMARTS) is 1. The van der Waals surface area contributed by atoms with Crippen molar-refractivity contribution in [3.63, 3.8) is 0 Å². The van der Waals surface area contributed by atoms with Gasteiger partial charge in [-0.2, -0.15) is 0 Å². The SMILES string of the molecule is CCCCCCCCCCCCCCCCCCCCCCCSC(C)C(=O)O. The summed E-state index contributed by atoms with van der Waals surface area (Å²) in [7, 11) is 0. The average molecular weight is 429 g/mol. The van der Waals surface area contributed by atoms with E-state index in [0.29, 0.717) is 0 Å². The molecule has 0 amide bonds. The van der Waals surface area contributed by atoms with Gasteiger partial charge in [0.25, 0.3) is 0 Å². The van der Waals surface area contributed by atoms with Gasteiger partial charge in [-0.1, -0.05) is 135 Å². The van der Waals surface area contributed by atoms with E-state index in [1.54, 1.807) is 18.7 Å². The largest absolute Gasteiger partial charge is 0.480 e. The summed E-state index contributed by atoms with van der Waals surface area (Å²) in [6, 6.07) is 0. The summed E-state index contributed by atoms with van der Waals surface area (Å²) in [6.07, 6.45) is 29.6. The Morgan fingerprint density at radius 2 is 0.862 bits per heavy atom. The number of carbonyl (C=O) groups is 1. The molecule has 0 aromatic rings. The molecule has 1 atom stereocenters. The first kappa shape index (κ1) is 28.8. The molecule has 174 valence electrons. The lowest BCUT2D eigenvalue weighted by Crippen LogP contribution is -2.11. The van der Waals surface area contributed by atoms with Gasteiger partial charge in [-0.25, -0.2) is 0 Å². The van der Waals surface area contributed by atoms with E-state index in [4.69, 9.17) is 5.11 Å². The molecule has 0 aromatic carbocycles. The smallest absolute Gasteiger partial charge is 0.316 e. The maximum Gasteiger partial charge on any atom is 0.316 e. The molecule has 0 aromatic heterocycles. The van der Waals surface area contributed by atoms with Crippen molar-refractivity contribution in [2.75, 3.05) is 5.75 Å². The number of unbranched alkanes of at least 4 members (excludes halogenated alkanes) is 20. The third-order valence-electron chi connectivity index (χ3n) is 5.96. The van der Waals surface area contributed by atoms with Crippen LogP contribution in [-0.4, -0.2) is 22.1 Å². The van der Waals surface area contributed by atoms with E-state index in [1.807, 2.05) is 0 Å². The fourth-order valence-corrected chi connectivity index (χ4v) is 4.73. The fourth-order valence-electron chi connectivity index (χ4n) is 3.87. The van der Waals surface area contributed by atoms with Crippen molar-refractivity contribution in [1.29, 1.82) is 0 Å². The maximum absolute atomic E-state index is 10.7. The Balaban J connectivity index is 3.04. The van der Waals surface area contributed by atoms with Gasteiger partial charge in [0.2, 0.25) is 0 Å². The standard InChI is InChI=1S/C26H52O2S/c1-3-4-5-6-7-8-9-10-11-12-13-14-15-16-17-18-19-20-21-22-23-24-29-25(2)26(27)28/h25H,3-24H2,1-2H3,(H,27,28). The zero-order chi connectivity index (χ0) is 21.4. The zero-order valence-electron chi connectivity index (χ0n) is 19.9. The van der Waals surface area contributed by atoms with Crippen molar-refractivity contribution in [2.24, 2.45) is 0 Å². The van der Waals surface area contributed by atoms with Crippen molar-refractivity contribution >= 4 is 17.7 Å². The molecule has 1 N–H and O–H groups in total. The van der Waals surface area contributed by atoms with E-state index >= 15 is 0 Å². The molecule has 3 heteroatoms. The Bertz CT molecular complexity index is 333. The molecule has 0 spiro atoms. The zero-order valence-corrected chi connectivity index (χ0v) is 20.7. The van der Waals surface area contributed by atoms with Gasteiger partial charge in [0.15, 0.2) is 0 Å². The van der Waals surface area contributed by atoms with Gasteiger partial charge < -0.3 is 5.11 Å². The van der Waals surface area contributed by atoms with E-state index < -0.39 is 5.97 Å². The number of thioether (sulfide) groups is 1. The summed E-state index contributed by atoms with van der Waals surface area (Å²) in [6.45, 7) is 4.07. The van der Waals surface area contributed by atoms with Crippen molar-refractivity contribution in [3.05, 3.63) is 0 Å². The van der Waals surface area contributed by atoms with Crippen molar-refractivity contribution in [1.82, 2.24) is 0 Å². The van der Waals surface area contributed by atoms with E-state index in [2.05, 4.69) is 6.92 Å². The number of hydrogen-bond acceptors (Lipinski definition) is 2. The highest BCUT2D eigenvalue weighted by Gasteiger charge is 2.09. The Morgan fingerprint density at radius 1 is 0.586 bits per heavy atom. The molecule has 0 rings (SSSR count). The Kier molecular flexibility index (Phi) is 23.9. The molecule has 0 fully saturated rings. The number of carboxylic acids is 1. The van der Waals surface area contributed by atoms with E-state index in [9.17, 15) is 4.79 Å². The molecule has 0 radical (unpaired) electrons. The van der Waals surface area contributed by atoms with Gasteiger partial charge in [-0.15, -0.1) is 11.8 Å². The molecule has 2 nitrogen and oxygen atoms in total. The summed E-state index contributed by atoms with van der Waals surface area (Å²) in [5.74, 6) is 0.311. The predicted octanol–water partition coefficient (Wildman–Crippen LogP) is 9.40. The monoisotopic (exact) mass is 428 g/mol. The van der Waals surface area contributed by atoms with Gasteiger partial charge in [0.05, 0.1) is 5.25 Å². The summed E-state index contributed by atoms with van der Waals surface area (Å²) in [5.41, 5.74) is 0. The molecule has 0 aliphatic heterocycles. The third-order valence-corrected chi connectivity index (χ3v) is 7.19. The molecule has 0 saturated carbocycles. The number of hydrogen-bond donors (Lipinski definition) is 1. The summed E-state index contributed by atoms with van der Waals surface area (Å²) < 4.78 is 0. The van der Waals surface area contributed by atoms with Crippen LogP contribution in [0.15, 0.2) is 0 Å². The van der Waals surface area contributed by atoms with Crippen LogP contribution in [0.1, 0.15) is 149 Å². The van der Waals surface area contributed by atoms with Gasteiger partial charge >= 0.3 is 5.97 Å². The second-order valence-corrected chi connectivity index (χ2v) is 10.4. The van der Waals surface area contributed by atoms with Crippen LogP contribution in [0.2, 0.25) is 0 Å². The van der Waals surface area contributed by atoms with Crippen molar-refractivity contribution < 1.29 is 9.90 Å². The molecule has 0 saturated heterocycles. The van der Waals surface area contributed by atoms with E-state index in [1.165, 1.54) is 135 Å². The highest BCUT2D eigenvalue weighted by molar-refractivity contribution is 8.00. The Labute approximate surface area is 187 Å². The minimum Gasteiger partial charge on any atom is -0.480 e. The maximum atomic E-state index is 10.7. The second kappa shape index (κ2) is 24.1. The van der Waals surface area contributed by atoms with Crippen LogP contribution in [0, 0.1) is 0 Å². The Morgan fingerprint density at radius 3 is 1.14 bits per heavy atom. The normalized spacial score (nSPS) is 12.3. The van der Waals surface area contributed by atoms with E-state index in [-0.39, 0.29) is 5.25 Å². The predicted molar refractivity (Wildman–Crippen MR) is 132 cm³/mol. The topological polar surface area (TPSA) is 37.3 Å². The van der Waals surface area contributed by atoms with E-state index in [0.717, 1.165) is 5.75 Å². The van der Waals surface area contributed by atoms with Gasteiger partial charge in [-0.05, 0) is 19.1 Å². The summed E-state index contributed by atoms with van der Waals surface area (Å²) in [5, 5.41) is 8.58. The fraction of sp³-hybridized carbons (Fsp3) is 0.962. The third kappa shape index (κ3) is 24.0. The Hall–Kier alpha value is -0.180. The molecular weight excluding hydrogens is 376 g/mol. The first-order valence-electron chi connectivity index (χ1n) is 13.0. The lowest BCUT2D eigenvalue weighted by molar-refractivity contribution is -0.136. The molecule has 0 bridgehead atoms. The highest BCUT2D eigenvalue weighted by Crippen LogP contribution is 2.16. The lowest BCUT2D eigenvalue weighted by atomic mass is 10.0. The van der Waals surface area contributed by atoms with Crippen LogP contribution in [0.4, 0.5) is 0 Å². The van der Waals surface area contributed by atoms with Gasteiger partial charge in [0.1, 0.15) is 0 Å². The molecule has 29 heavy (non-hydrogen) atoms. The minimum atomic E-state index is -0.682. The van der Waals surface area contributed by atoms with Gasteiger partial charge in [0, 0.05) is 0 Å². The highest BCUT2D eigenvalue weighted by atomic mass is 32.2. The number of aliphatic carboxylic acids is 1. The molecule has 0 heterocycles. The van der Waals surface area contributed by atoms with Crippen LogP contribution in [0.3, 0.4) is 0 Å². The lowest BCUT2D eigenvalue weighted by Gasteiger charge is -2.06. The minimum absolute atomic E-state index is 0.250. The second-order valence-electron chi connectivity index (χ2n) is 8.92. The molecular formula is C26H52O2S. The van der Waals surface area contributed by atoms with Crippen LogP contribution >= 0.6 is 11.8 Å². The van der Waals surface area contributed by atoms with Crippen LogP contribution in [-0.2, 0) is 4.79 Å². The molecule has 1 unspecified atom stereocenters. The van der Waals surface area contributed by atoms with Crippen molar-refractivity contribution in [3.8, 4) is 0 Å².